The summed E-state index contributed by atoms with van der Waals surface area (Å²) in [5.41, 5.74) is -1.56. The van der Waals surface area contributed by atoms with Gasteiger partial charge in [0, 0.05) is 5.56 Å². The summed E-state index contributed by atoms with van der Waals surface area (Å²) in [6, 6.07) is 6.62. The minimum absolute atomic E-state index is 0.111. The number of hydrogen-bond acceptors (Lipinski definition) is 5. The molecule has 2 atom stereocenters. The van der Waals surface area contributed by atoms with Crippen LogP contribution in [0, 0.1) is 0 Å². The molecule has 0 spiro atoms. The lowest BCUT2D eigenvalue weighted by Crippen LogP contribution is -2.53. The molecule has 18 heavy (non-hydrogen) atoms. The molecule has 2 unspecified atom stereocenters. The molecule has 1 aromatic rings. The van der Waals surface area contributed by atoms with Crippen LogP contribution in [-0.2, 0) is 14.3 Å². The van der Waals surface area contributed by atoms with Crippen molar-refractivity contribution in [2.75, 3.05) is 6.61 Å². The van der Waals surface area contributed by atoms with Gasteiger partial charge in [0.1, 0.15) is 11.9 Å². The molecule has 5 nitrogen and oxygen atoms in total. The third-order valence-electron chi connectivity index (χ3n) is 2.97. The molecule has 1 aromatic carbocycles. The highest BCUT2D eigenvalue weighted by Crippen LogP contribution is 2.44. The van der Waals surface area contributed by atoms with Crippen LogP contribution >= 0.6 is 0 Å². The first-order valence-electron chi connectivity index (χ1n) is 5.68. The van der Waals surface area contributed by atoms with Crippen molar-refractivity contribution in [3.05, 3.63) is 29.8 Å². The molecule has 1 aliphatic rings. The van der Waals surface area contributed by atoms with Crippen LogP contribution in [-0.4, -0.2) is 29.1 Å². The zero-order chi connectivity index (χ0) is 13.3. The lowest BCUT2D eigenvalue weighted by Gasteiger charge is -2.26. The van der Waals surface area contributed by atoms with Crippen molar-refractivity contribution in [3.8, 4) is 5.75 Å². The number of ketones is 1. The number of aliphatic hydroxyl groups is 1. The molecule has 0 radical (unpaired) electrons. The number of fused-ring (bicyclic) bond motifs is 1. The first kappa shape index (κ1) is 12.6. The Balaban J connectivity index is 2.48. The summed E-state index contributed by atoms with van der Waals surface area (Å²) < 4.78 is 10.3. The predicted octanol–water partition coefficient (Wildman–Crippen LogP) is 1.00. The van der Waals surface area contributed by atoms with Crippen LogP contribution in [0.25, 0.3) is 0 Å². The summed E-state index contributed by atoms with van der Waals surface area (Å²) in [4.78, 5) is 23.7. The summed E-state index contributed by atoms with van der Waals surface area (Å²) in [5, 5.41) is 10.2. The number of para-hydroxylation sites is 1. The molecule has 0 aromatic heterocycles. The molecule has 1 N–H and O–H groups in total. The molecule has 96 valence electrons. The van der Waals surface area contributed by atoms with E-state index in [1.54, 1.807) is 31.2 Å². The van der Waals surface area contributed by atoms with Crippen molar-refractivity contribution >= 4 is 11.8 Å². The number of aliphatic hydroxyl groups excluding tert-OH is 1. The van der Waals surface area contributed by atoms with E-state index >= 15 is 0 Å². The molecule has 0 saturated carbocycles. The average Bonchev–Trinajstić information content (AvgIpc) is 2.65. The van der Waals surface area contributed by atoms with E-state index in [1.807, 2.05) is 0 Å². The van der Waals surface area contributed by atoms with Crippen molar-refractivity contribution in [1.29, 1.82) is 0 Å². The minimum Gasteiger partial charge on any atom is -0.464 e. The Bertz CT molecular complexity index is 496. The Morgan fingerprint density at radius 3 is 2.67 bits per heavy atom. The van der Waals surface area contributed by atoms with Crippen molar-refractivity contribution in [2.45, 2.75) is 25.6 Å². The summed E-state index contributed by atoms with van der Waals surface area (Å²) >= 11 is 0. The maximum atomic E-state index is 12.0. The van der Waals surface area contributed by atoms with Crippen molar-refractivity contribution in [2.24, 2.45) is 0 Å². The van der Waals surface area contributed by atoms with Crippen LogP contribution in [0.4, 0.5) is 0 Å². The van der Waals surface area contributed by atoms with Gasteiger partial charge in [-0.3, -0.25) is 4.79 Å². The van der Waals surface area contributed by atoms with Crippen molar-refractivity contribution in [3.63, 3.8) is 0 Å². The van der Waals surface area contributed by atoms with Gasteiger partial charge in [-0.05, 0) is 19.9 Å². The largest absolute Gasteiger partial charge is 0.464 e. The summed E-state index contributed by atoms with van der Waals surface area (Å²) in [6.45, 7) is 2.94. The topological polar surface area (TPSA) is 72.8 Å². The highest BCUT2D eigenvalue weighted by atomic mass is 16.6. The lowest BCUT2D eigenvalue weighted by molar-refractivity contribution is -0.173. The Kier molecular flexibility index (Phi) is 3.09. The van der Waals surface area contributed by atoms with Gasteiger partial charge < -0.3 is 14.6 Å². The third-order valence-corrected chi connectivity index (χ3v) is 2.97. The normalized spacial score (nSPS) is 25.2. The molecule has 0 fully saturated rings. The molecule has 0 amide bonds. The first-order chi connectivity index (χ1) is 8.54. The van der Waals surface area contributed by atoms with Crippen LogP contribution in [0.15, 0.2) is 24.3 Å². The molecule has 5 heteroatoms. The van der Waals surface area contributed by atoms with E-state index in [0.717, 1.165) is 0 Å². The van der Waals surface area contributed by atoms with E-state index in [9.17, 15) is 14.7 Å². The molecule has 0 bridgehead atoms. The summed E-state index contributed by atoms with van der Waals surface area (Å²) in [6.07, 6.45) is -1.34. The van der Waals surface area contributed by atoms with E-state index < -0.39 is 23.5 Å². The number of rotatable bonds is 3. The summed E-state index contributed by atoms with van der Waals surface area (Å²) in [7, 11) is 0. The van der Waals surface area contributed by atoms with Gasteiger partial charge >= 0.3 is 5.97 Å². The summed E-state index contributed by atoms with van der Waals surface area (Å²) in [5.74, 6) is -1.11. The average molecular weight is 250 g/mol. The number of benzene rings is 1. The quantitative estimate of drug-likeness (QED) is 0.640. The van der Waals surface area contributed by atoms with Crippen LogP contribution < -0.4 is 4.74 Å². The van der Waals surface area contributed by atoms with Crippen molar-refractivity contribution < 1.29 is 24.2 Å². The Hall–Kier alpha value is -1.88. The Morgan fingerprint density at radius 1 is 1.44 bits per heavy atom. The highest BCUT2D eigenvalue weighted by molar-refractivity contribution is 6.08. The molecule has 1 aliphatic heterocycles. The predicted molar refractivity (Wildman–Crippen MR) is 62.1 cm³/mol. The van der Waals surface area contributed by atoms with Crippen LogP contribution in [0.2, 0.25) is 0 Å². The first-order valence-corrected chi connectivity index (χ1v) is 5.68. The molecule has 0 saturated heterocycles. The second kappa shape index (κ2) is 4.42. The molecule has 0 aliphatic carbocycles. The maximum absolute atomic E-state index is 12.0. The number of carbonyl (C=O) groups excluding carboxylic acids is 2. The molecule has 1 heterocycles. The third kappa shape index (κ3) is 1.59. The van der Waals surface area contributed by atoms with Crippen LogP contribution in [0.1, 0.15) is 25.5 Å². The van der Waals surface area contributed by atoms with Gasteiger partial charge in [-0.2, -0.15) is 0 Å². The zero-order valence-corrected chi connectivity index (χ0v) is 10.2. The monoisotopic (exact) mass is 250 g/mol. The smallest absolute Gasteiger partial charge is 0.361 e. The van der Waals surface area contributed by atoms with Gasteiger partial charge in [-0.15, -0.1) is 0 Å². The second-order valence-electron chi connectivity index (χ2n) is 4.05. The maximum Gasteiger partial charge on any atom is 0.361 e. The zero-order valence-electron chi connectivity index (χ0n) is 10.2. The Labute approximate surface area is 104 Å². The van der Waals surface area contributed by atoms with E-state index in [1.165, 1.54) is 6.92 Å². The van der Waals surface area contributed by atoms with Crippen molar-refractivity contribution in [1.82, 2.24) is 0 Å². The molecular formula is C13H14O5. The standard InChI is InChI=1S/C13H14O5/c1-3-17-12(16)13(8(2)14)11(15)9-6-4-5-7-10(9)18-13/h4-7,11,15H,3H2,1-2H3. The fraction of sp³-hybridized carbons (Fsp3) is 0.385. The number of Topliss-reactive ketones (excluding diaryl/α,β-unsaturated/α-hetero) is 1. The van der Waals surface area contributed by atoms with Crippen LogP contribution in [0.5, 0.6) is 5.75 Å². The SMILES string of the molecule is CCOC(=O)C1(C(C)=O)Oc2ccccc2C1O. The van der Waals surface area contributed by atoms with Gasteiger partial charge in [0.25, 0.3) is 5.60 Å². The van der Waals surface area contributed by atoms with Gasteiger partial charge in [0.2, 0.25) is 0 Å². The van der Waals surface area contributed by atoms with Gasteiger partial charge in [0.15, 0.2) is 5.78 Å². The highest BCUT2D eigenvalue weighted by Gasteiger charge is 2.59. The fourth-order valence-corrected chi connectivity index (χ4v) is 2.05. The second-order valence-corrected chi connectivity index (χ2v) is 4.05. The van der Waals surface area contributed by atoms with Gasteiger partial charge in [0.05, 0.1) is 6.61 Å². The van der Waals surface area contributed by atoms with E-state index in [4.69, 9.17) is 9.47 Å². The fourth-order valence-electron chi connectivity index (χ4n) is 2.05. The molecule has 2 rings (SSSR count). The number of ether oxygens (including phenoxy) is 2. The van der Waals surface area contributed by atoms with Crippen LogP contribution in [0.3, 0.4) is 0 Å². The lowest BCUT2D eigenvalue weighted by atomic mass is 9.90. The van der Waals surface area contributed by atoms with E-state index in [-0.39, 0.29) is 6.61 Å². The van der Waals surface area contributed by atoms with E-state index in [0.29, 0.717) is 11.3 Å². The van der Waals surface area contributed by atoms with Gasteiger partial charge in [-0.25, -0.2) is 4.79 Å². The minimum atomic E-state index is -1.97. The number of carbonyl (C=O) groups is 2. The van der Waals surface area contributed by atoms with Gasteiger partial charge in [-0.1, -0.05) is 18.2 Å². The Morgan fingerprint density at radius 2 is 2.11 bits per heavy atom. The van der Waals surface area contributed by atoms with E-state index in [2.05, 4.69) is 0 Å². The number of hydrogen-bond donors (Lipinski definition) is 1. The number of esters is 1. The molecular weight excluding hydrogens is 236 g/mol.